The second-order valence-corrected chi connectivity index (χ2v) is 7.25. The van der Waals surface area contributed by atoms with E-state index in [9.17, 15) is 0 Å². The van der Waals surface area contributed by atoms with E-state index >= 15 is 0 Å². The first-order valence-corrected chi connectivity index (χ1v) is 10.3. The molecule has 3 aromatic rings. The van der Waals surface area contributed by atoms with Crippen molar-refractivity contribution in [2.45, 2.75) is 33.6 Å². The molecule has 148 valence electrons. The third-order valence-corrected chi connectivity index (χ3v) is 5.02. The molecule has 2 aromatic carbocycles. The number of aliphatic imine (C=N–C) groups is 1. The highest BCUT2D eigenvalue weighted by atomic mass is 15.2. The van der Waals surface area contributed by atoms with E-state index in [-0.39, 0.29) is 0 Å². The fourth-order valence-electron chi connectivity index (χ4n) is 3.51. The van der Waals surface area contributed by atoms with Gasteiger partial charge in [0.25, 0.3) is 0 Å². The summed E-state index contributed by atoms with van der Waals surface area (Å²) in [7, 11) is 0. The molecule has 0 saturated carbocycles. The van der Waals surface area contributed by atoms with E-state index in [2.05, 4.69) is 96.2 Å². The number of nitrogens with zero attached hydrogens (tertiary/aromatic N) is 2. The van der Waals surface area contributed by atoms with Crippen molar-refractivity contribution in [3.05, 3.63) is 77.1 Å². The minimum absolute atomic E-state index is 0.889. The minimum atomic E-state index is 0.889. The molecule has 0 fully saturated rings. The average molecular weight is 386 g/mol. The SMILES string of the molecule is CCC=C1N=C(c2ccc3[nH]nc(NCCC)c3c2)C=C(c2ccccc2C)N1. The quantitative estimate of drug-likeness (QED) is 0.534. The zero-order valence-electron chi connectivity index (χ0n) is 17.2. The van der Waals surface area contributed by atoms with Crippen molar-refractivity contribution in [3.8, 4) is 0 Å². The number of H-pyrrole nitrogens is 1. The van der Waals surface area contributed by atoms with Crippen LogP contribution < -0.4 is 10.6 Å². The molecule has 1 aromatic heterocycles. The summed E-state index contributed by atoms with van der Waals surface area (Å²) in [5, 5.41) is 15.5. The van der Waals surface area contributed by atoms with Crippen LogP contribution in [0.25, 0.3) is 16.6 Å². The maximum atomic E-state index is 4.87. The Labute approximate surface area is 171 Å². The Morgan fingerprint density at radius 2 is 1.97 bits per heavy atom. The van der Waals surface area contributed by atoms with E-state index in [1.165, 1.54) is 11.1 Å². The van der Waals surface area contributed by atoms with Gasteiger partial charge in [-0.05, 0) is 49.6 Å². The van der Waals surface area contributed by atoms with Crippen molar-refractivity contribution in [2.24, 2.45) is 4.99 Å². The predicted molar refractivity (Wildman–Crippen MR) is 122 cm³/mol. The topological polar surface area (TPSA) is 65.1 Å². The third-order valence-electron chi connectivity index (χ3n) is 5.02. The van der Waals surface area contributed by atoms with Crippen molar-refractivity contribution in [1.29, 1.82) is 0 Å². The number of fused-ring (bicyclic) bond motifs is 1. The summed E-state index contributed by atoms with van der Waals surface area (Å²) in [4.78, 5) is 4.87. The summed E-state index contributed by atoms with van der Waals surface area (Å²) in [6, 6.07) is 14.8. The first-order valence-electron chi connectivity index (χ1n) is 10.3. The Balaban J connectivity index is 1.79. The molecule has 0 spiro atoms. The van der Waals surface area contributed by atoms with Gasteiger partial charge < -0.3 is 10.6 Å². The van der Waals surface area contributed by atoms with E-state index in [0.717, 1.165) is 58.9 Å². The molecule has 5 nitrogen and oxygen atoms in total. The molecule has 29 heavy (non-hydrogen) atoms. The van der Waals surface area contributed by atoms with Gasteiger partial charge in [0.1, 0.15) is 5.82 Å². The van der Waals surface area contributed by atoms with Crippen LogP contribution in [0.3, 0.4) is 0 Å². The molecule has 5 heteroatoms. The van der Waals surface area contributed by atoms with Gasteiger partial charge in [0.05, 0.1) is 11.2 Å². The van der Waals surface area contributed by atoms with Gasteiger partial charge in [0.2, 0.25) is 0 Å². The lowest BCUT2D eigenvalue weighted by Crippen LogP contribution is -2.19. The van der Waals surface area contributed by atoms with Gasteiger partial charge in [-0.25, -0.2) is 4.99 Å². The van der Waals surface area contributed by atoms with Crippen LogP contribution in [0.1, 0.15) is 43.4 Å². The summed E-state index contributed by atoms with van der Waals surface area (Å²) in [6.45, 7) is 7.31. The third kappa shape index (κ3) is 3.94. The van der Waals surface area contributed by atoms with Crippen molar-refractivity contribution in [1.82, 2.24) is 15.5 Å². The monoisotopic (exact) mass is 385 g/mol. The van der Waals surface area contributed by atoms with Crippen LogP contribution in [0.5, 0.6) is 0 Å². The van der Waals surface area contributed by atoms with Crippen molar-refractivity contribution < 1.29 is 0 Å². The van der Waals surface area contributed by atoms with Crippen LogP contribution in [-0.2, 0) is 0 Å². The van der Waals surface area contributed by atoms with Crippen LogP contribution in [-0.4, -0.2) is 22.5 Å². The smallest absolute Gasteiger partial charge is 0.155 e. The fraction of sp³-hybridized carbons (Fsp3) is 0.250. The normalized spacial score (nSPS) is 15.2. The number of aromatic amines is 1. The van der Waals surface area contributed by atoms with Gasteiger partial charge in [-0.1, -0.05) is 44.2 Å². The Kier molecular flexibility index (Phi) is 5.47. The van der Waals surface area contributed by atoms with Crippen LogP contribution >= 0.6 is 0 Å². The van der Waals surface area contributed by atoms with Crippen LogP contribution in [0, 0.1) is 6.92 Å². The van der Waals surface area contributed by atoms with Crippen LogP contribution in [0.2, 0.25) is 0 Å². The van der Waals surface area contributed by atoms with E-state index in [4.69, 9.17) is 4.99 Å². The Bertz CT molecular complexity index is 1120. The number of hydrogen-bond donors (Lipinski definition) is 3. The molecule has 0 radical (unpaired) electrons. The van der Waals surface area contributed by atoms with Gasteiger partial charge in [-0.3, -0.25) is 5.10 Å². The Morgan fingerprint density at radius 1 is 1.10 bits per heavy atom. The zero-order valence-corrected chi connectivity index (χ0v) is 17.2. The fourth-order valence-corrected chi connectivity index (χ4v) is 3.51. The lowest BCUT2D eigenvalue weighted by molar-refractivity contribution is 0.963. The molecule has 3 N–H and O–H groups in total. The highest BCUT2D eigenvalue weighted by molar-refractivity contribution is 6.15. The van der Waals surface area contributed by atoms with Gasteiger partial charge in [-0.2, -0.15) is 5.10 Å². The van der Waals surface area contributed by atoms with E-state index < -0.39 is 0 Å². The summed E-state index contributed by atoms with van der Waals surface area (Å²) >= 11 is 0. The number of nitrogens with one attached hydrogen (secondary N) is 3. The number of aryl methyl sites for hydroxylation is 1. The number of anilines is 1. The van der Waals surface area contributed by atoms with Gasteiger partial charge in [-0.15, -0.1) is 0 Å². The highest BCUT2D eigenvalue weighted by Gasteiger charge is 2.16. The van der Waals surface area contributed by atoms with Gasteiger partial charge in [0, 0.05) is 28.8 Å². The van der Waals surface area contributed by atoms with Gasteiger partial charge in [0.15, 0.2) is 5.82 Å². The largest absolute Gasteiger partial charge is 0.368 e. The molecule has 4 rings (SSSR count). The summed E-state index contributed by atoms with van der Waals surface area (Å²) in [6.07, 6.45) is 6.23. The van der Waals surface area contributed by atoms with Gasteiger partial charge >= 0.3 is 0 Å². The lowest BCUT2D eigenvalue weighted by atomic mass is 10.0. The Morgan fingerprint density at radius 3 is 2.76 bits per heavy atom. The highest BCUT2D eigenvalue weighted by Crippen LogP contribution is 2.26. The minimum Gasteiger partial charge on any atom is -0.368 e. The molecule has 0 unspecified atom stereocenters. The second-order valence-electron chi connectivity index (χ2n) is 7.25. The number of allylic oxidation sites excluding steroid dienone is 2. The molecule has 0 amide bonds. The maximum Gasteiger partial charge on any atom is 0.155 e. The Hall–Kier alpha value is -3.34. The van der Waals surface area contributed by atoms with E-state index in [0.29, 0.717) is 0 Å². The summed E-state index contributed by atoms with van der Waals surface area (Å²) in [5.74, 6) is 1.78. The van der Waals surface area contributed by atoms with Crippen molar-refractivity contribution >= 4 is 28.1 Å². The molecule has 0 bridgehead atoms. The first kappa shape index (κ1) is 19.0. The molecule has 0 atom stereocenters. The lowest BCUT2D eigenvalue weighted by Gasteiger charge is -2.20. The predicted octanol–water partition coefficient (Wildman–Crippen LogP) is 5.38. The van der Waals surface area contributed by atoms with Crippen molar-refractivity contribution in [2.75, 3.05) is 11.9 Å². The van der Waals surface area contributed by atoms with Crippen LogP contribution in [0.15, 0.2) is 65.4 Å². The molecule has 1 aliphatic heterocycles. The average Bonchev–Trinajstić information content (AvgIpc) is 3.15. The van der Waals surface area contributed by atoms with Crippen molar-refractivity contribution in [3.63, 3.8) is 0 Å². The van der Waals surface area contributed by atoms with Crippen LogP contribution in [0.4, 0.5) is 5.82 Å². The molecule has 1 aliphatic rings. The summed E-state index contributed by atoms with van der Waals surface area (Å²) < 4.78 is 0. The maximum absolute atomic E-state index is 4.87. The molecule has 2 heterocycles. The van der Waals surface area contributed by atoms with E-state index in [1.807, 2.05) is 0 Å². The molecular formula is C24H27N5. The number of hydrogen-bond acceptors (Lipinski definition) is 4. The number of benzene rings is 2. The molecule has 0 saturated heterocycles. The second kappa shape index (κ2) is 8.35. The summed E-state index contributed by atoms with van der Waals surface area (Å²) in [5.41, 5.74) is 6.55. The zero-order chi connectivity index (χ0) is 20.2. The first-order chi connectivity index (χ1) is 14.2. The molecule has 0 aliphatic carbocycles. The number of aromatic nitrogens is 2. The standard InChI is InChI=1S/C24H27N5/c1-4-8-23-26-21(15-22(27-23)18-10-7-6-9-16(18)3)17-11-12-20-19(14-17)24(29-28-20)25-13-5-2/h6-12,14-15,27H,4-5,13H2,1-3H3,(H2,25,28,29). The van der Waals surface area contributed by atoms with E-state index in [1.54, 1.807) is 0 Å². The molecular weight excluding hydrogens is 358 g/mol. The number of rotatable bonds is 6.